The minimum absolute atomic E-state index is 0.294. The van der Waals surface area contributed by atoms with Crippen LogP contribution in [-0.4, -0.2) is 40.5 Å². The van der Waals surface area contributed by atoms with E-state index in [4.69, 9.17) is 4.74 Å². The maximum absolute atomic E-state index is 12.0. The third kappa shape index (κ3) is 5.21. The summed E-state index contributed by atoms with van der Waals surface area (Å²) in [5.74, 6) is 2.04. The molecule has 0 saturated carbocycles. The van der Waals surface area contributed by atoms with Crippen molar-refractivity contribution in [1.82, 2.24) is 20.1 Å². The van der Waals surface area contributed by atoms with Crippen molar-refractivity contribution < 1.29 is 9.53 Å². The van der Waals surface area contributed by atoms with E-state index in [1.54, 1.807) is 6.07 Å². The molecule has 0 aliphatic heterocycles. The van der Waals surface area contributed by atoms with Gasteiger partial charge in [0.15, 0.2) is 5.82 Å². The quantitative estimate of drug-likeness (QED) is 0.533. The van der Waals surface area contributed by atoms with Gasteiger partial charge in [-0.2, -0.15) is 0 Å². The molecule has 0 aliphatic rings. The van der Waals surface area contributed by atoms with Gasteiger partial charge in [0.2, 0.25) is 0 Å². The third-order valence-corrected chi connectivity index (χ3v) is 3.67. The number of carbonyl (C=O) groups excluding carboxylic acids is 1. The zero-order valence-electron chi connectivity index (χ0n) is 15.1. The number of urea groups is 1. The molecule has 2 heterocycles. The first-order valence-electron chi connectivity index (χ1n) is 8.74. The largest absolute Gasteiger partial charge is 0.492 e. The Kier molecular flexibility index (Phi) is 6.24. The number of benzene rings is 1. The molecule has 140 valence electrons. The summed E-state index contributed by atoms with van der Waals surface area (Å²) in [7, 11) is 0. The van der Waals surface area contributed by atoms with Crippen molar-refractivity contribution in [3.63, 3.8) is 0 Å². The van der Waals surface area contributed by atoms with Crippen LogP contribution in [0.4, 0.5) is 16.3 Å². The van der Waals surface area contributed by atoms with Gasteiger partial charge in [-0.05, 0) is 43.3 Å². The predicted octanol–water partition coefficient (Wildman–Crippen LogP) is 2.90. The molecule has 0 radical (unpaired) electrons. The van der Waals surface area contributed by atoms with Crippen LogP contribution >= 0.6 is 0 Å². The Balaban J connectivity index is 1.42. The maximum Gasteiger partial charge on any atom is 0.319 e. The molecular weight excluding hydrogens is 344 g/mol. The fourth-order valence-corrected chi connectivity index (χ4v) is 2.43. The lowest BCUT2D eigenvalue weighted by Crippen LogP contribution is -2.32. The fraction of sp³-hybridized carbons (Fsp3) is 0.211. The Morgan fingerprint density at radius 1 is 1.04 bits per heavy atom. The van der Waals surface area contributed by atoms with E-state index in [1.165, 1.54) is 0 Å². The number of rotatable bonds is 8. The van der Waals surface area contributed by atoms with Crippen LogP contribution in [0.15, 0.2) is 60.9 Å². The highest BCUT2D eigenvalue weighted by molar-refractivity contribution is 5.90. The maximum atomic E-state index is 12.0. The standard InChI is InChI=1S/C19H22N6O2/c1-2-27-16-8-4-3-7-15(16)22-19(26)21-12-11-20-17-9-10-18(24-23-17)25-13-5-6-14-25/h3-10,13-14H,2,11-12H2,1H3,(H,20,23)(H2,21,22,26). The third-order valence-electron chi connectivity index (χ3n) is 3.67. The summed E-state index contributed by atoms with van der Waals surface area (Å²) < 4.78 is 7.36. The number of carbonyl (C=O) groups is 1. The van der Waals surface area contributed by atoms with Gasteiger partial charge in [-0.3, -0.25) is 0 Å². The number of hydrogen-bond donors (Lipinski definition) is 3. The highest BCUT2D eigenvalue weighted by atomic mass is 16.5. The molecule has 27 heavy (non-hydrogen) atoms. The molecule has 8 nitrogen and oxygen atoms in total. The van der Waals surface area contributed by atoms with Crippen molar-refractivity contribution in [3.05, 3.63) is 60.9 Å². The SMILES string of the molecule is CCOc1ccccc1NC(=O)NCCNc1ccc(-n2cccc2)nn1. The molecule has 0 aliphatic carbocycles. The van der Waals surface area contributed by atoms with Crippen molar-refractivity contribution in [2.75, 3.05) is 30.3 Å². The normalized spacial score (nSPS) is 10.3. The van der Waals surface area contributed by atoms with Crippen LogP contribution < -0.4 is 20.7 Å². The van der Waals surface area contributed by atoms with Crippen LogP contribution in [-0.2, 0) is 0 Å². The average molecular weight is 366 g/mol. The Morgan fingerprint density at radius 2 is 1.85 bits per heavy atom. The summed E-state index contributed by atoms with van der Waals surface area (Å²) in [6, 6.07) is 14.6. The molecule has 0 fully saturated rings. The molecule has 2 amide bonds. The molecule has 0 spiro atoms. The van der Waals surface area contributed by atoms with E-state index in [0.717, 1.165) is 5.82 Å². The van der Waals surface area contributed by atoms with E-state index in [-0.39, 0.29) is 6.03 Å². The molecule has 3 aromatic rings. The number of hydrogen-bond acceptors (Lipinski definition) is 5. The van der Waals surface area contributed by atoms with Crippen molar-refractivity contribution in [2.45, 2.75) is 6.92 Å². The van der Waals surface area contributed by atoms with Crippen LogP contribution in [0.3, 0.4) is 0 Å². The smallest absolute Gasteiger partial charge is 0.319 e. The van der Waals surface area contributed by atoms with E-state index in [2.05, 4.69) is 26.1 Å². The van der Waals surface area contributed by atoms with Gasteiger partial charge in [-0.25, -0.2) is 4.79 Å². The van der Waals surface area contributed by atoms with Crippen molar-refractivity contribution in [1.29, 1.82) is 0 Å². The van der Waals surface area contributed by atoms with Crippen LogP contribution in [0, 0.1) is 0 Å². The van der Waals surface area contributed by atoms with Gasteiger partial charge in [0, 0.05) is 25.5 Å². The number of ether oxygens (including phenoxy) is 1. The summed E-state index contributed by atoms with van der Waals surface area (Å²) in [6.45, 7) is 3.40. The van der Waals surface area contributed by atoms with Crippen molar-refractivity contribution in [3.8, 4) is 11.6 Å². The van der Waals surface area contributed by atoms with Crippen LogP contribution in [0.2, 0.25) is 0 Å². The predicted molar refractivity (Wildman–Crippen MR) is 104 cm³/mol. The topological polar surface area (TPSA) is 93.1 Å². The summed E-state index contributed by atoms with van der Waals surface area (Å²) in [6.07, 6.45) is 3.81. The van der Waals surface area contributed by atoms with E-state index in [0.29, 0.717) is 37.0 Å². The molecule has 3 N–H and O–H groups in total. The highest BCUT2D eigenvalue weighted by Gasteiger charge is 2.06. The van der Waals surface area contributed by atoms with Gasteiger partial charge >= 0.3 is 6.03 Å². The lowest BCUT2D eigenvalue weighted by atomic mass is 10.3. The Bertz CT molecular complexity index is 849. The number of aromatic nitrogens is 3. The first-order chi connectivity index (χ1) is 13.3. The second-order valence-corrected chi connectivity index (χ2v) is 5.60. The van der Waals surface area contributed by atoms with Gasteiger partial charge in [0.1, 0.15) is 11.6 Å². The highest BCUT2D eigenvalue weighted by Crippen LogP contribution is 2.23. The van der Waals surface area contributed by atoms with Gasteiger partial charge < -0.3 is 25.3 Å². The van der Waals surface area contributed by atoms with Gasteiger partial charge in [0.05, 0.1) is 12.3 Å². The first kappa shape index (κ1) is 18.2. The molecule has 0 saturated heterocycles. The molecule has 3 rings (SSSR count). The lowest BCUT2D eigenvalue weighted by Gasteiger charge is -2.12. The van der Waals surface area contributed by atoms with Gasteiger partial charge in [-0.1, -0.05) is 12.1 Å². The summed E-state index contributed by atoms with van der Waals surface area (Å²) in [5, 5.41) is 17.0. The van der Waals surface area contributed by atoms with E-state index < -0.39 is 0 Å². The fourth-order valence-electron chi connectivity index (χ4n) is 2.43. The minimum atomic E-state index is -0.294. The average Bonchev–Trinajstić information content (AvgIpc) is 3.22. The zero-order valence-corrected chi connectivity index (χ0v) is 15.1. The summed E-state index contributed by atoms with van der Waals surface area (Å²) in [4.78, 5) is 12.0. The number of nitrogens with one attached hydrogen (secondary N) is 3. The van der Waals surface area contributed by atoms with E-state index in [1.807, 2.05) is 66.3 Å². The molecule has 8 heteroatoms. The van der Waals surface area contributed by atoms with Crippen LogP contribution in [0.5, 0.6) is 5.75 Å². The van der Waals surface area contributed by atoms with Crippen molar-refractivity contribution in [2.24, 2.45) is 0 Å². The van der Waals surface area contributed by atoms with Crippen molar-refractivity contribution >= 4 is 17.5 Å². The zero-order chi connectivity index (χ0) is 18.9. The van der Waals surface area contributed by atoms with E-state index in [9.17, 15) is 4.79 Å². The molecule has 1 aromatic carbocycles. The second-order valence-electron chi connectivity index (χ2n) is 5.60. The number of para-hydroxylation sites is 2. The van der Waals surface area contributed by atoms with E-state index >= 15 is 0 Å². The molecule has 2 aromatic heterocycles. The van der Waals surface area contributed by atoms with Gasteiger partial charge in [0.25, 0.3) is 0 Å². The first-order valence-corrected chi connectivity index (χ1v) is 8.74. The number of anilines is 2. The van der Waals surface area contributed by atoms with Crippen LogP contribution in [0.1, 0.15) is 6.92 Å². The van der Waals surface area contributed by atoms with Crippen LogP contribution in [0.25, 0.3) is 5.82 Å². The Labute approximate surface area is 157 Å². The molecule has 0 unspecified atom stereocenters. The molecule has 0 atom stereocenters. The number of amides is 2. The van der Waals surface area contributed by atoms with Gasteiger partial charge in [-0.15, -0.1) is 10.2 Å². The monoisotopic (exact) mass is 366 g/mol. The number of nitrogens with zero attached hydrogens (tertiary/aromatic N) is 3. The summed E-state index contributed by atoms with van der Waals surface area (Å²) in [5.41, 5.74) is 0.635. The second kappa shape index (κ2) is 9.23. The molecule has 0 bridgehead atoms. The molecular formula is C19H22N6O2. The Hall–Kier alpha value is -3.55. The Morgan fingerprint density at radius 3 is 2.59 bits per heavy atom. The lowest BCUT2D eigenvalue weighted by molar-refractivity contribution is 0.252. The summed E-state index contributed by atoms with van der Waals surface area (Å²) >= 11 is 0. The minimum Gasteiger partial charge on any atom is -0.492 e.